The van der Waals surface area contributed by atoms with Gasteiger partial charge < -0.3 is 4.90 Å². The van der Waals surface area contributed by atoms with Gasteiger partial charge in [0.2, 0.25) is 5.91 Å². The molecule has 8 heteroatoms. The number of fused-ring (bicyclic) bond motifs is 1. The molecule has 3 aromatic rings. The number of thioether (sulfide) groups is 1. The Hall–Kier alpha value is -1.67. The van der Waals surface area contributed by atoms with Crippen LogP contribution in [0.1, 0.15) is 11.1 Å². The van der Waals surface area contributed by atoms with Crippen molar-refractivity contribution in [2.45, 2.75) is 18.7 Å². The number of aryl methyl sites for hydroxylation is 2. The van der Waals surface area contributed by atoms with Gasteiger partial charge in [0, 0.05) is 18.0 Å². The normalized spacial score (nSPS) is 11.0. The predicted octanol–water partition coefficient (Wildman–Crippen LogP) is 5.16. The van der Waals surface area contributed by atoms with Crippen LogP contribution in [-0.2, 0) is 4.79 Å². The van der Waals surface area contributed by atoms with Crippen molar-refractivity contribution in [1.82, 2.24) is 9.88 Å². The molecule has 0 atom stereocenters. The monoisotopic (exact) mass is 453 g/mol. The molecule has 156 valence electrons. The van der Waals surface area contributed by atoms with Gasteiger partial charge in [-0.15, -0.1) is 24.2 Å². The number of rotatable bonds is 7. The first-order valence-electron chi connectivity index (χ1n) is 9.05. The second-order valence-corrected chi connectivity index (χ2v) is 9.07. The quantitative estimate of drug-likeness (QED) is 0.463. The van der Waals surface area contributed by atoms with Crippen LogP contribution < -0.4 is 4.90 Å². The maximum absolute atomic E-state index is 13.1. The van der Waals surface area contributed by atoms with Crippen LogP contribution in [0, 0.1) is 19.7 Å². The van der Waals surface area contributed by atoms with E-state index >= 15 is 0 Å². The van der Waals surface area contributed by atoms with E-state index in [-0.39, 0.29) is 29.9 Å². The van der Waals surface area contributed by atoms with E-state index in [1.54, 1.807) is 28.4 Å². The second-order valence-electron chi connectivity index (χ2n) is 7.02. The van der Waals surface area contributed by atoms with E-state index in [9.17, 15) is 9.18 Å². The Kier molecular flexibility index (Phi) is 8.46. The van der Waals surface area contributed by atoms with Gasteiger partial charge in [0.25, 0.3) is 0 Å². The Morgan fingerprint density at radius 3 is 2.48 bits per heavy atom. The number of thiazole rings is 1. The molecule has 4 nitrogen and oxygen atoms in total. The summed E-state index contributed by atoms with van der Waals surface area (Å²) in [7, 11) is 3.98. The summed E-state index contributed by atoms with van der Waals surface area (Å²) in [6, 6.07) is 10.4. The van der Waals surface area contributed by atoms with Crippen molar-refractivity contribution in [1.29, 1.82) is 0 Å². The number of halogens is 2. The number of anilines is 1. The van der Waals surface area contributed by atoms with Crippen molar-refractivity contribution in [3.8, 4) is 0 Å². The lowest BCUT2D eigenvalue weighted by Gasteiger charge is -2.21. The van der Waals surface area contributed by atoms with Crippen LogP contribution in [-0.4, -0.2) is 48.7 Å². The number of amides is 1. The van der Waals surface area contributed by atoms with Gasteiger partial charge in [0.05, 0.1) is 16.0 Å². The van der Waals surface area contributed by atoms with E-state index in [2.05, 4.69) is 30.9 Å². The molecule has 0 N–H and O–H groups in total. The number of carbonyl (C=O) groups is 1. The smallest absolute Gasteiger partial charge is 0.239 e. The third kappa shape index (κ3) is 6.15. The zero-order valence-corrected chi connectivity index (χ0v) is 19.4. The highest BCUT2D eigenvalue weighted by Crippen LogP contribution is 2.32. The fourth-order valence-corrected chi connectivity index (χ4v) is 4.81. The van der Waals surface area contributed by atoms with Gasteiger partial charge in [-0.3, -0.25) is 9.69 Å². The molecule has 2 aromatic carbocycles. The Labute approximate surface area is 185 Å². The Morgan fingerprint density at radius 1 is 1.14 bits per heavy atom. The van der Waals surface area contributed by atoms with Crippen LogP contribution >= 0.6 is 35.5 Å². The van der Waals surface area contributed by atoms with Gasteiger partial charge in [0.1, 0.15) is 5.82 Å². The SMILES string of the molecule is Cc1cc(C)c2nc(N(CCN(C)C)C(=O)CSc3ccc(F)cc3)sc2c1.Cl. The summed E-state index contributed by atoms with van der Waals surface area (Å²) in [4.78, 5) is 22.5. The summed E-state index contributed by atoms with van der Waals surface area (Å²) >= 11 is 2.97. The van der Waals surface area contributed by atoms with Crippen LogP contribution in [0.2, 0.25) is 0 Å². The van der Waals surface area contributed by atoms with E-state index in [1.807, 2.05) is 14.1 Å². The maximum atomic E-state index is 13.1. The minimum Gasteiger partial charge on any atom is -0.308 e. The number of nitrogens with zero attached hydrogens (tertiary/aromatic N) is 3. The summed E-state index contributed by atoms with van der Waals surface area (Å²) in [5.41, 5.74) is 3.27. The molecule has 1 heterocycles. The second kappa shape index (κ2) is 10.4. The molecule has 1 amide bonds. The minimum absolute atomic E-state index is 0. The molecule has 29 heavy (non-hydrogen) atoms. The van der Waals surface area contributed by atoms with Crippen LogP contribution in [0.15, 0.2) is 41.3 Å². The van der Waals surface area contributed by atoms with Gasteiger partial charge in [0.15, 0.2) is 5.13 Å². The van der Waals surface area contributed by atoms with E-state index < -0.39 is 0 Å². The zero-order valence-electron chi connectivity index (χ0n) is 16.9. The standard InChI is InChI=1S/C21H24FN3OS2.ClH/c1-14-11-15(2)20-18(12-14)28-21(23-20)25(10-9-24(3)4)19(26)13-27-17-7-5-16(22)6-8-17;/h5-8,11-12H,9-10,13H2,1-4H3;1H. The number of hydrogen-bond acceptors (Lipinski definition) is 5. The summed E-state index contributed by atoms with van der Waals surface area (Å²) < 4.78 is 14.2. The highest BCUT2D eigenvalue weighted by Gasteiger charge is 2.20. The summed E-state index contributed by atoms with van der Waals surface area (Å²) in [6.45, 7) is 5.45. The maximum Gasteiger partial charge on any atom is 0.239 e. The summed E-state index contributed by atoms with van der Waals surface area (Å²) in [5.74, 6) is 0.0144. The van der Waals surface area contributed by atoms with E-state index in [0.29, 0.717) is 6.54 Å². The molecule has 0 aliphatic carbocycles. The van der Waals surface area contributed by atoms with E-state index in [4.69, 9.17) is 4.98 Å². The number of benzene rings is 2. The van der Waals surface area contributed by atoms with Crippen molar-refractivity contribution in [3.05, 3.63) is 53.3 Å². The number of aromatic nitrogens is 1. The van der Waals surface area contributed by atoms with Gasteiger partial charge in [-0.05, 0) is 69.4 Å². The lowest BCUT2D eigenvalue weighted by atomic mass is 10.1. The summed E-state index contributed by atoms with van der Waals surface area (Å²) in [6.07, 6.45) is 0. The molecule has 0 saturated carbocycles. The highest BCUT2D eigenvalue weighted by molar-refractivity contribution is 8.00. The largest absolute Gasteiger partial charge is 0.308 e. The van der Waals surface area contributed by atoms with Crippen molar-refractivity contribution in [2.75, 3.05) is 37.8 Å². The van der Waals surface area contributed by atoms with Crippen molar-refractivity contribution in [3.63, 3.8) is 0 Å². The lowest BCUT2D eigenvalue weighted by Crippen LogP contribution is -2.37. The first-order chi connectivity index (χ1) is 13.3. The van der Waals surface area contributed by atoms with E-state index in [1.165, 1.54) is 29.5 Å². The Morgan fingerprint density at radius 2 is 1.83 bits per heavy atom. The first kappa shape index (κ1) is 23.6. The molecule has 0 unspecified atom stereocenters. The van der Waals surface area contributed by atoms with Crippen molar-refractivity contribution >= 4 is 56.8 Å². The van der Waals surface area contributed by atoms with Gasteiger partial charge in [-0.25, -0.2) is 9.37 Å². The van der Waals surface area contributed by atoms with Crippen molar-refractivity contribution < 1.29 is 9.18 Å². The molecule has 3 rings (SSSR count). The van der Waals surface area contributed by atoms with Gasteiger partial charge in [-0.2, -0.15) is 0 Å². The third-order valence-corrected chi connectivity index (χ3v) is 6.32. The number of likely N-dealkylation sites (N-methyl/N-ethyl adjacent to an activating group) is 1. The van der Waals surface area contributed by atoms with Gasteiger partial charge in [-0.1, -0.05) is 17.4 Å². The molecule has 0 aliphatic rings. The summed E-state index contributed by atoms with van der Waals surface area (Å²) in [5, 5.41) is 0.732. The molecular weight excluding hydrogens is 429 g/mol. The highest BCUT2D eigenvalue weighted by atomic mass is 35.5. The third-order valence-electron chi connectivity index (χ3n) is 4.30. The van der Waals surface area contributed by atoms with Gasteiger partial charge >= 0.3 is 0 Å². The van der Waals surface area contributed by atoms with Crippen molar-refractivity contribution in [2.24, 2.45) is 0 Å². The topological polar surface area (TPSA) is 36.4 Å². The average Bonchev–Trinajstić information content (AvgIpc) is 3.05. The number of hydrogen-bond donors (Lipinski definition) is 0. The Bertz CT molecular complexity index is 976. The Balaban J connectivity index is 0.00000300. The zero-order chi connectivity index (χ0) is 20.3. The van der Waals surface area contributed by atoms with E-state index in [0.717, 1.165) is 32.4 Å². The lowest BCUT2D eigenvalue weighted by molar-refractivity contribution is -0.116. The molecule has 0 fully saturated rings. The molecule has 0 bridgehead atoms. The first-order valence-corrected chi connectivity index (χ1v) is 10.8. The van der Waals surface area contributed by atoms with Crippen LogP contribution in [0.25, 0.3) is 10.2 Å². The fraction of sp³-hybridized carbons (Fsp3) is 0.333. The van der Waals surface area contributed by atoms with Crippen LogP contribution in [0.5, 0.6) is 0 Å². The minimum atomic E-state index is -0.275. The molecule has 0 aliphatic heterocycles. The average molecular weight is 454 g/mol. The number of carbonyl (C=O) groups excluding carboxylic acids is 1. The predicted molar refractivity (Wildman–Crippen MR) is 124 cm³/mol. The molecule has 0 radical (unpaired) electrons. The fourth-order valence-electron chi connectivity index (χ4n) is 2.86. The molecule has 0 saturated heterocycles. The van der Waals surface area contributed by atoms with Crippen LogP contribution in [0.3, 0.4) is 0 Å². The molecule has 1 aromatic heterocycles. The molecular formula is C21H25ClFN3OS2. The van der Waals surface area contributed by atoms with Crippen LogP contribution in [0.4, 0.5) is 9.52 Å². The molecule has 0 spiro atoms.